The van der Waals surface area contributed by atoms with E-state index in [4.69, 9.17) is 26.2 Å². The van der Waals surface area contributed by atoms with E-state index in [0.29, 0.717) is 35.2 Å². The van der Waals surface area contributed by atoms with Crippen LogP contribution in [0.4, 0.5) is 11.5 Å². The average molecular weight is 416 g/mol. The molecule has 2 rings (SSSR count). The predicted molar refractivity (Wildman–Crippen MR) is 110 cm³/mol. The van der Waals surface area contributed by atoms with Gasteiger partial charge in [-0.2, -0.15) is 0 Å². The van der Waals surface area contributed by atoms with Gasteiger partial charge in [0.25, 0.3) is 0 Å². The van der Waals surface area contributed by atoms with Gasteiger partial charge >= 0.3 is 0 Å². The van der Waals surface area contributed by atoms with Crippen molar-refractivity contribution in [2.24, 2.45) is 5.84 Å². The van der Waals surface area contributed by atoms with Crippen molar-refractivity contribution in [1.82, 2.24) is 9.97 Å². The van der Waals surface area contributed by atoms with Gasteiger partial charge < -0.3 is 25.4 Å². The van der Waals surface area contributed by atoms with E-state index in [0.717, 1.165) is 12.2 Å². The normalized spacial score (nSPS) is 22.6. The number of nitrogens with two attached hydrogens (primary N) is 2. The molecule has 0 bridgehead atoms. The Morgan fingerprint density at radius 3 is 2.57 bits per heavy atom. The number of aliphatic hydroxyl groups is 2. The third kappa shape index (κ3) is 6.16. The van der Waals surface area contributed by atoms with Gasteiger partial charge in [0.05, 0.1) is 42.8 Å². The van der Waals surface area contributed by atoms with Gasteiger partial charge in [-0.25, -0.2) is 15.8 Å². The molecule has 0 aliphatic heterocycles. The molecule has 0 amide bonds. The van der Waals surface area contributed by atoms with Crippen LogP contribution in [-0.4, -0.2) is 63.2 Å². The number of nitrogen functional groups attached to an aromatic ring is 1. The van der Waals surface area contributed by atoms with Crippen molar-refractivity contribution in [1.29, 1.82) is 0 Å². The number of thioether (sulfide) groups is 1. The van der Waals surface area contributed by atoms with E-state index in [1.807, 2.05) is 6.92 Å². The molecule has 6 N–H and O–H groups in total. The van der Waals surface area contributed by atoms with Crippen molar-refractivity contribution >= 4 is 23.3 Å². The molecule has 28 heavy (non-hydrogen) atoms. The van der Waals surface area contributed by atoms with Gasteiger partial charge in [0.1, 0.15) is 0 Å². The molecule has 1 aromatic heterocycles. The number of rotatable bonds is 10. The van der Waals surface area contributed by atoms with Gasteiger partial charge in [-0.1, -0.05) is 18.7 Å². The average Bonchev–Trinajstić information content (AvgIpc) is 3.01. The number of aliphatic hydroxyl groups excluding tert-OH is 1. The van der Waals surface area contributed by atoms with E-state index < -0.39 is 5.79 Å². The molecule has 3 atom stereocenters. The van der Waals surface area contributed by atoms with E-state index in [-0.39, 0.29) is 31.5 Å². The molecule has 160 valence electrons. The summed E-state index contributed by atoms with van der Waals surface area (Å²) in [4.78, 5) is 8.99. The van der Waals surface area contributed by atoms with Crippen LogP contribution in [0.3, 0.4) is 0 Å². The van der Waals surface area contributed by atoms with E-state index in [1.165, 1.54) is 0 Å². The van der Waals surface area contributed by atoms with Crippen molar-refractivity contribution in [3.05, 3.63) is 5.69 Å². The number of ether oxygens (including phenoxy) is 2. The Bertz CT molecular complexity index is 643. The van der Waals surface area contributed by atoms with Crippen molar-refractivity contribution in [2.75, 3.05) is 29.7 Å². The largest absolute Gasteiger partial charge is 0.394 e. The van der Waals surface area contributed by atoms with Crippen molar-refractivity contribution in [3.8, 4) is 0 Å². The summed E-state index contributed by atoms with van der Waals surface area (Å²) in [7, 11) is 0. The van der Waals surface area contributed by atoms with Gasteiger partial charge in [0.15, 0.2) is 16.8 Å². The molecule has 1 saturated carbocycles. The maximum absolute atomic E-state index is 10.0. The van der Waals surface area contributed by atoms with Gasteiger partial charge in [-0.05, 0) is 40.0 Å². The summed E-state index contributed by atoms with van der Waals surface area (Å²) in [5.41, 5.74) is 7.34. The number of hydrazine groups is 1. The van der Waals surface area contributed by atoms with E-state index in [9.17, 15) is 5.11 Å². The van der Waals surface area contributed by atoms with Crippen LogP contribution in [-0.2, 0) is 9.47 Å². The van der Waals surface area contributed by atoms with Crippen LogP contribution in [0.25, 0.3) is 0 Å². The quantitative estimate of drug-likeness (QED) is 0.145. The van der Waals surface area contributed by atoms with Crippen molar-refractivity contribution in [2.45, 2.75) is 76.2 Å². The van der Waals surface area contributed by atoms with Crippen molar-refractivity contribution < 1.29 is 19.7 Å². The molecule has 1 aliphatic carbocycles. The lowest BCUT2D eigenvalue weighted by Gasteiger charge is -2.28. The fourth-order valence-corrected chi connectivity index (χ4v) is 3.95. The Balaban J connectivity index is 2.20. The third-order valence-corrected chi connectivity index (χ3v) is 5.51. The Labute approximate surface area is 170 Å². The van der Waals surface area contributed by atoms with Crippen LogP contribution in [0, 0.1) is 6.92 Å². The van der Waals surface area contributed by atoms with Gasteiger partial charge in [-0.3, -0.25) is 5.01 Å². The highest BCUT2D eigenvalue weighted by molar-refractivity contribution is 7.99. The van der Waals surface area contributed by atoms with E-state index >= 15 is 0 Å². The molecular formula is C18H33N5O4S. The smallest absolute Gasteiger partial charge is 0.189 e. The number of aryl methyl sites for hydroxylation is 1. The van der Waals surface area contributed by atoms with Crippen LogP contribution in [0.1, 0.15) is 45.7 Å². The lowest BCUT2D eigenvalue weighted by atomic mass is 10.2. The zero-order chi connectivity index (χ0) is 20.9. The first-order valence-electron chi connectivity index (χ1n) is 9.59. The van der Waals surface area contributed by atoms with Gasteiger partial charge in [-0.15, -0.1) is 0 Å². The predicted octanol–water partition coefficient (Wildman–Crippen LogP) is 1.20. The van der Waals surface area contributed by atoms with E-state index in [1.54, 1.807) is 30.6 Å². The zero-order valence-electron chi connectivity index (χ0n) is 17.1. The lowest BCUT2D eigenvalue weighted by Crippen LogP contribution is -2.42. The first-order valence-corrected chi connectivity index (χ1v) is 10.6. The molecule has 0 radical (unpaired) electrons. The summed E-state index contributed by atoms with van der Waals surface area (Å²) in [5, 5.41) is 21.3. The molecule has 0 spiro atoms. The Kier molecular flexibility index (Phi) is 8.29. The maximum atomic E-state index is 10.0. The van der Waals surface area contributed by atoms with E-state index in [2.05, 4.69) is 16.9 Å². The molecule has 0 aromatic carbocycles. The minimum absolute atomic E-state index is 0.0845. The third-order valence-electron chi connectivity index (χ3n) is 4.46. The fraction of sp³-hybridized carbons (Fsp3) is 0.778. The number of anilines is 2. The van der Waals surface area contributed by atoms with Crippen LogP contribution in [0.15, 0.2) is 5.16 Å². The molecule has 1 heterocycles. The Hall–Kier alpha value is -1.17. The van der Waals surface area contributed by atoms with Gasteiger partial charge in [0, 0.05) is 5.75 Å². The molecule has 1 aliphatic rings. The first-order chi connectivity index (χ1) is 13.2. The molecule has 1 aromatic rings. The molecule has 0 saturated heterocycles. The molecule has 10 heteroatoms. The summed E-state index contributed by atoms with van der Waals surface area (Å²) >= 11 is 1.57. The van der Waals surface area contributed by atoms with Crippen LogP contribution >= 0.6 is 11.8 Å². The zero-order valence-corrected chi connectivity index (χ0v) is 17.9. The summed E-state index contributed by atoms with van der Waals surface area (Å²) in [6, 6.07) is -0.142. The summed E-state index contributed by atoms with van der Waals surface area (Å²) in [6.45, 7) is 7.20. The molecule has 9 nitrogen and oxygen atoms in total. The highest BCUT2D eigenvalue weighted by Crippen LogP contribution is 2.34. The molecule has 1 fully saturated rings. The summed E-state index contributed by atoms with van der Waals surface area (Å²) in [5.74, 6) is 6.52. The second-order valence-corrected chi connectivity index (χ2v) is 8.51. The minimum atomic E-state index is -1.30. The first kappa shape index (κ1) is 23.1. The number of hydrogen-bond acceptors (Lipinski definition) is 10. The molecule has 2 unspecified atom stereocenters. The Morgan fingerprint density at radius 1 is 1.29 bits per heavy atom. The second kappa shape index (κ2) is 10.0. The lowest BCUT2D eigenvalue weighted by molar-refractivity contribution is -0.224. The molecular weight excluding hydrogens is 382 g/mol. The minimum Gasteiger partial charge on any atom is -0.394 e. The highest BCUT2D eigenvalue weighted by Gasteiger charge is 2.41. The van der Waals surface area contributed by atoms with Gasteiger partial charge in [0.2, 0.25) is 0 Å². The number of aromatic nitrogens is 2. The summed E-state index contributed by atoms with van der Waals surface area (Å²) in [6.07, 6.45) is 1.46. The monoisotopic (exact) mass is 415 g/mol. The standard InChI is InChI=1S/C18H33N5O4S/c1-5-8-28-17-21-11(2)15(19)16(22-17)23(20)12-9-13(26-7-6-24)14(10-12)27-18(3,4)25/h12-14,24-25H,5-10,19-20H2,1-4H3/t12?,13?,14-/m0/s1. The highest BCUT2D eigenvalue weighted by atomic mass is 32.2. The van der Waals surface area contributed by atoms with Crippen LogP contribution in [0.5, 0.6) is 0 Å². The second-order valence-electron chi connectivity index (χ2n) is 7.45. The van der Waals surface area contributed by atoms with Crippen molar-refractivity contribution in [3.63, 3.8) is 0 Å². The topological polar surface area (TPSA) is 140 Å². The maximum Gasteiger partial charge on any atom is 0.189 e. The summed E-state index contributed by atoms with van der Waals surface area (Å²) < 4.78 is 11.5. The van der Waals surface area contributed by atoms with Crippen LogP contribution in [0.2, 0.25) is 0 Å². The van der Waals surface area contributed by atoms with Crippen LogP contribution < -0.4 is 16.6 Å². The number of nitrogens with zero attached hydrogens (tertiary/aromatic N) is 3. The fourth-order valence-electron chi connectivity index (χ4n) is 3.21. The SMILES string of the molecule is CCCSc1nc(C)c(N)c(N(N)C2CC(OCCO)[C@@H](OC(C)(C)O)C2)n1. The number of hydrogen-bond donors (Lipinski definition) is 4. The Morgan fingerprint density at radius 2 is 1.96 bits per heavy atom.